The van der Waals surface area contributed by atoms with Crippen molar-refractivity contribution >= 4 is 41.3 Å². The number of amides is 3. The number of nitrogens with one attached hydrogen (secondary N) is 4. The third kappa shape index (κ3) is 11.3. The Labute approximate surface area is 226 Å². The topological polar surface area (TPSA) is 145 Å². The van der Waals surface area contributed by atoms with Crippen LogP contribution in [0.2, 0.25) is 0 Å². The zero-order valence-electron chi connectivity index (χ0n) is 21.8. The number of aromatic amines is 1. The number of benzene rings is 1. The van der Waals surface area contributed by atoms with E-state index in [2.05, 4.69) is 20.9 Å². The number of nitrogens with zero attached hydrogens (tertiary/aromatic N) is 1. The zero-order valence-corrected chi connectivity index (χ0v) is 22.7. The number of carbonyl (C=O) groups excluding carboxylic acids is 3. The Morgan fingerprint density at radius 3 is 2.68 bits per heavy atom. The number of unbranched alkanes of at least 4 members (excludes halogenated alkanes) is 1. The molecule has 2 atom stereocenters. The Balaban J connectivity index is 1.98. The molecule has 2 rings (SSSR count). The van der Waals surface area contributed by atoms with Crippen LogP contribution in [0, 0.1) is 0 Å². The van der Waals surface area contributed by atoms with Gasteiger partial charge in [-0.05, 0) is 63.7 Å². The Kier molecular flexibility index (Phi) is 14.5. The van der Waals surface area contributed by atoms with Crippen LogP contribution < -0.4 is 16.0 Å². The summed E-state index contributed by atoms with van der Waals surface area (Å²) in [4.78, 5) is 42.5. The third-order valence-corrected chi connectivity index (χ3v) is 6.04. The molecular weight excluding hydrogens is 517 g/mol. The summed E-state index contributed by atoms with van der Waals surface area (Å²) in [5.41, 5.74) is 1.53. The number of hydrogen-bond acceptors (Lipinski definition) is 8. The van der Waals surface area contributed by atoms with E-state index in [1.165, 1.54) is 0 Å². The molecule has 0 aliphatic rings. The lowest BCUT2D eigenvalue weighted by atomic mass is 10.0. The van der Waals surface area contributed by atoms with Crippen LogP contribution >= 0.6 is 12.1 Å². The summed E-state index contributed by atoms with van der Waals surface area (Å²) in [7, 11) is 3.93. The second kappa shape index (κ2) is 17.6. The van der Waals surface area contributed by atoms with E-state index in [4.69, 9.17) is 9.47 Å². The van der Waals surface area contributed by atoms with Crippen LogP contribution in [0.15, 0.2) is 24.4 Å². The second-order valence-corrected chi connectivity index (χ2v) is 9.44. The predicted octanol–water partition coefficient (Wildman–Crippen LogP) is 1.47. The molecule has 38 heavy (non-hydrogen) atoms. The smallest absolute Gasteiger partial charge is 0.243 e. The SMILES string of the molecule is CN(C)CCCCC(NC(=O)C(Cc1c[nH]c2ccc(O)cc12)NC=O)C(=O)NCCOCCOCSF. The number of H-pyrrole nitrogens is 1. The highest BCUT2D eigenvalue weighted by atomic mass is 32.2. The molecular formula is C25H38FN5O6S. The minimum atomic E-state index is -0.920. The molecule has 0 aliphatic heterocycles. The van der Waals surface area contributed by atoms with E-state index in [0.29, 0.717) is 19.3 Å². The van der Waals surface area contributed by atoms with Crippen LogP contribution in [0.25, 0.3) is 10.9 Å². The third-order valence-electron chi connectivity index (χ3n) is 5.79. The fourth-order valence-electron chi connectivity index (χ4n) is 3.86. The van der Waals surface area contributed by atoms with E-state index in [0.717, 1.165) is 29.4 Å². The number of phenols is 1. The first-order valence-corrected chi connectivity index (χ1v) is 13.3. The molecule has 2 unspecified atom stereocenters. The lowest BCUT2D eigenvalue weighted by molar-refractivity contribution is -0.131. The molecule has 0 saturated carbocycles. The molecule has 13 heteroatoms. The first kappa shape index (κ1) is 31.3. The molecule has 0 aliphatic carbocycles. The van der Waals surface area contributed by atoms with E-state index in [1.54, 1.807) is 24.4 Å². The molecule has 0 fully saturated rings. The van der Waals surface area contributed by atoms with Crippen molar-refractivity contribution < 1.29 is 32.8 Å². The van der Waals surface area contributed by atoms with Gasteiger partial charge in [-0.15, -0.1) is 0 Å². The van der Waals surface area contributed by atoms with Crippen LogP contribution in [0.1, 0.15) is 24.8 Å². The van der Waals surface area contributed by atoms with Crippen molar-refractivity contribution in [3.8, 4) is 5.75 Å². The molecule has 0 saturated heterocycles. The average molecular weight is 556 g/mol. The number of phenolic OH excluding ortho intramolecular Hbond substituents is 1. The number of carbonyl (C=O) groups is 3. The van der Waals surface area contributed by atoms with Gasteiger partial charge >= 0.3 is 0 Å². The molecule has 11 nitrogen and oxygen atoms in total. The first-order chi connectivity index (χ1) is 18.3. The number of rotatable bonds is 20. The van der Waals surface area contributed by atoms with E-state index >= 15 is 0 Å². The maximum absolute atomic E-state index is 13.2. The van der Waals surface area contributed by atoms with Gasteiger partial charge in [0.15, 0.2) is 0 Å². The lowest BCUT2D eigenvalue weighted by Gasteiger charge is -2.22. The number of aromatic nitrogens is 1. The summed E-state index contributed by atoms with van der Waals surface area (Å²) < 4.78 is 22.2. The number of hydrogen-bond donors (Lipinski definition) is 5. The van der Waals surface area contributed by atoms with Crippen molar-refractivity contribution in [2.24, 2.45) is 0 Å². The van der Waals surface area contributed by atoms with Crippen molar-refractivity contribution in [3.05, 3.63) is 30.0 Å². The molecule has 2 aromatic rings. The fraction of sp³-hybridized carbons (Fsp3) is 0.560. The van der Waals surface area contributed by atoms with Crippen LogP contribution in [0.4, 0.5) is 3.89 Å². The summed E-state index contributed by atoms with van der Waals surface area (Å²) >= 11 is 0.0905. The monoisotopic (exact) mass is 555 g/mol. The van der Waals surface area contributed by atoms with E-state index in [9.17, 15) is 23.4 Å². The van der Waals surface area contributed by atoms with Gasteiger partial charge in [0.05, 0.1) is 32.0 Å². The van der Waals surface area contributed by atoms with Gasteiger partial charge in [-0.3, -0.25) is 14.4 Å². The summed E-state index contributed by atoms with van der Waals surface area (Å²) in [5.74, 6) is -0.803. The zero-order chi connectivity index (χ0) is 27.8. The molecule has 0 radical (unpaired) electrons. The van der Waals surface area contributed by atoms with Gasteiger partial charge in [-0.2, -0.15) is 3.89 Å². The maximum Gasteiger partial charge on any atom is 0.243 e. The predicted molar refractivity (Wildman–Crippen MR) is 144 cm³/mol. The number of halogens is 1. The average Bonchev–Trinajstić information content (AvgIpc) is 3.28. The van der Waals surface area contributed by atoms with E-state index in [1.807, 2.05) is 19.0 Å². The van der Waals surface area contributed by atoms with Crippen molar-refractivity contribution in [2.45, 2.75) is 37.8 Å². The van der Waals surface area contributed by atoms with Gasteiger partial charge < -0.3 is 40.4 Å². The maximum atomic E-state index is 13.2. The Bertz CT molecular complexity index is 1010. The van der Waals surface area contributed by atoms with E-state index in [-0.39, 0.29) is 62.5 Å². The molecule has 1 aromatic heterocycles. The minimum absolute atomic E-state index is 0.0575. The van der Waals surface area contributed by atoms with Crippen molar-refractivity contribution in [1.29, 1.82) is 0 Å². The quantitative estimate of drug-likeness (QED) is 0.0939. The van der Waals surface area contributed by atoms with Gasteiger partial charge in [0.25, 0.3) is 0 Å². The summed E-state index contributed by atoms with van der Waals surface area (Å²) in [6, 6.07) is 3.16. The first-order valence-electron chi connectivity index (χ1n) is 12.5. The Morgan fingerprint density at radius 2 is 1.95 bits per heavy atom. The fourth-order valence-corrected chi connectivity index (χ4v) is 4.04. The van der Waals surface area contributed by atoms with Crippen LogP contribution in [0.3, 0.4) is 0 Å². The molecule has 0 spiro atoms. The highest BCUT2D eigenvalue weighted by molar-refractivity contribution is 7.94. The van der Waals surface area contributed by atoms with Gasteiger partial charge in [0.2, 0.25) is 18.2 Å². The minimum Gasteiger partial charge on any atom is -0.508 e. The molecule has 0 bridgehead atoms. The van der Waals surface area contributed by atoms with E-state index < -0.39 is 18.0 Å². The molecule has 1 aromatic carbocycles. The Morgan fingerprint density at radius 1 is 1.16 bits per heavy atom. The van der Waals surface area contributed by atoms with Crippen LogP contribution in [-0.2, 0) is 30.3 Å². The van der Waals surface area contributed by atoms with Gasteiger partial charge in [0.1, 0.15) is 23.8 Å². The van der Waals surface area contributed by atoms with Crippen molar-refractivity contribution in [1.82, 2.24) is 25.8 Å². The molecule has 5 N–H and O–H groups in total. The summed E-state index contributed by atoms with van der Waals surface area (Å²) in [5, 5.41) is 18.7. The number of aromatic hydroxyl groups is 1. The lowest BCUT2D eigenvalue weighted by Crippen LogP contribution is -2.53. The number of ether oxygens (including phenoxy) is 2. The van der Waals surface area contributed by atoms with Crippen LogP contribution in [0.5, 0.6) is 5.75 Å². The van der Waals surface area contributed by atoms with Gasteiger partial charge in [0, 0.05) is 30.1 Å². The number of fused-ring (bicyclic) bond motifs is 1. The summed E-state index contributed by atoms with van der Waals surface area (Å²) in [6.45, 7) is 1.84. The van der Waals surface area contributed by atoms with Crippen LogP contribution in [-0.4, -0.2) is 98.2 Å². The standard InChI is InChI=1S/C25H38FN5O6S/c1-31(2)9-4-3-5-22(24(34)27-8-10-36-11-12-37-17-38-26)30-25(35)23(29-16-32)13-18-15-28-21-7-6-19(33)14-20(18)21/h6-7,14-16,22-23,28,33H,3-5,8-13,17H2,1-2H3,(H,27,34)(H,29,32)(H,30,35). The van der Waals surface area contributed by atoms with Crippen molar-refractivity contribution in [3.63, 3.8) is 0 Å². The highest BCUT2D eigenvalue weighted by Gasteiger charge is 2.26. The second-order valence-electron chi connectivity index (χ2n) is 8.98. The molecule has 3 amide bonds. The normalized spacial score (nSPS) is 12.8. The highest BCUT2D eigenvalue weighted by Crippen LogP contribution is 2.24. The summed E-state index contributed by atoms with van der Waals surface area (Å²) in [6.07, 6.45) is 4.33. The molecule has 212 valence electrons. The molecule has 1 heterocycles. The largest absolute Gasteiger partial charge is 0.508 e. The Hall–Kier alpha value is -2.87. The van der Waals surface area contributed by atoms with Gasteiger partial charge in [-0.1, -0.05) is 0 Å². The van der Waals surface area contributed by atoms with Crippen molar-refractivity contribution in [2.75, 3.05) is 52.9 Å². The van der Waals surface area contributed by atoms with Gasteiger partial charge in [-0.25, -0.2) is 0 Å².